The highest BCUT2D eigenvalue weighted by molar-refractivity contribution is 5.70. The molecule has 0 radical (unpaired) electrons. The highest BCUT2D eigenvalue weighted by atomic mass is 16.5. The summed E-state index contributed by atoms with van der Waals surface area (Å²) in [5.41, 5.74) is 10.2. The minimum atomic E-state index is -0.271. The monoisotopic (exact) mass is 372 g/mol. The molecule has 0 amide bonds. The van der Waals surface area contributed by atoms with Crippen molar-refractivity contribution in [2.45, 2.75) is 18.8 Å². The van der Waals surface area contributed by atoms with Gasteiger partial charge in [-0.1, -0.05) is 37.3 Å². The molecule has 0 spiro atoms. The van der Waals surface area contributed by atoms with Gasteiger partial charge in [-0.15, -0.1) is 5.10 Å². The maximum atomic E-state index is 9.81. The molecule has 0 bridgehead atoms. The minimum Gasteiger partial charge on any atom is -0.497 e. The number of nitrogens with zero attached hydrogens (tertiary/aromatic N) is 2. The molecular weight excluding hydrogens is 352 g/mol. The Morgan fingerprint density at radius 1 is 1.18 bits per heavy atom. The molecule has 1 aliphatic rings. The van der Waals surface area contributed by atoms with E-state index in [2.05, 4.69) is 35.3 Å². The van der Waals surface area contributed by atoms with E-state index in [1.807, 2.05) is 42.5 Å². The maximum Gasteiger partial charge on any atom is 0.244 e. The van der Waals surface area contributed by atoms with Gasteiger partial charge in [0.25, 0.3) is 0 Å². The van der Waals surface area contributed by atoms with Crippen molar-refractivity contribution in [3.63, 3.8) is 0 Å². The van der Waals surface area contributed by atoms with E-state index in [1.54, 1.807) is 7.11 Å². The quantitative estimate of drug-likeness (QED) is 0.720. The van der Waals surface area contributed by atoms with Crippen LogP contribution in [0.25, 0.3) is 11.3 Å². The molecule has 2 aromatic carbocycles. The van der Waals surface area contributed by atoms with Crippen LogP contribution in [0.1, 0.15) is 29.9 Å². The van der Waals surface area contributed by atoms with Crippen molar-refractivity contribution in [3.8, 4) is 29.0 Å². The molecule has 2 atom stereocenters. The van der Waals surface area contributed by atoms with Gasteiger partial charge in [0.1, 0.15) is 11.8 Å². The van der Waals surface area contributed by atoms with E-state index in [0.717, 1.165) is 28.1 Å². The average Bonchev–Trinajstić information content (AvgIpc) is 3.16. The van der Waals surface area contributed by atoms with Crippen LogP contribution in [0.2, 0.25) is 0 Å². The summed E-state index contributed by atoms with van der Waals surface area (Å²) >= 11 is 0. The fraction of sp³-hybridized carbons (Fsp3) is 0.182. The molecule has 0 aliphatic carbocycles. The number of hydrogen-bond donors (Lipinski definition) is 2. The lowest BCUT2D eigenvalue weighted by atomic mass is 9.76. The van der Waals surface area contributed by atoms with Gasteiger partial charge in [0.15, 0.2) is 0 Å². The molecule has 6 nitrogen and oxygen atoms in total. The summed E-state index contributed by atoms with van der Waals surface area (Å²) in [5.74, 6) is 1.02. The molecule has 3 aromatic rings. The molecule has 4 rings (SSSR count). The molecule has 1 aromatic heterocycles. The lowest BCUT2D eigenvalue weighted by Crippen LogP contribution is -2.23. The van der Waals surface area contributed by atoms with Crippen molar-refractivity contribution in [2.75, 3.05) is 7.11 Å². The van der Waals surface area contributed by atoms with Crippen molar-refractivity contribution in [1.29, 1.82) is 5.26 Å². The van der Waals surface area contributed by atoms with Gasteiger partial charge in [0, 0.05) is 11.5 Å². The summed E-state index contributed by atoms with van der Waals surface area (Å²) in [6, 6.07) is 20.0. The van der Waals surface area contributed by atoms with Crippen LogP contribution in [0.4, 0.5) is 0 Å². The number of aromatic amines is 1. The Hall–Kier alpha value is -3.72. The number of nitrogens with one attached hydrogen (secondary N) is 1. The van der Waals surface area contributed by atoms with Crippen molar-refractivity contribution < 1.29 is 9.47 Å². The van der Waals surface area contributed by atoms with E-state index in [4.69, 9.17) is 15.2 Å². The number of fused-ring (bicyclic) bond motifs is 1. The van der Waals surface area contributed by atoms with Gasteiger partial charge in [-0.05, 0) is 35.7 Å². The standard InChI is InChI=1S/C22H20N4O2/c1-13(14-6-4-3-5-7-14)18-17(12-23)21(24)28-22-19(18)20(25-26-22)15-8-10-16(27-2)11-9-15/h3-11,13,18H,24H2,1-2H3,(H,25,26)/t13-,18+/m1/s1. The van der Waals surface area contributed by atoms with Crippen molar-refractivity contribution in [3.05, 3.63) is 77.2 Å². The van der Waals surface area contributed by atoms with Crippen LogP contribution in [0, 0.1) is 11.3 Å². The van der Waals surface area contributed by atoms with E-state index in [9.17, 15) is 5.26 Å². The summed E-state index contributed by atoms with van der Waals surface area (Å²) in [7, 11) is 1.63. The Balaban J connectivity index is 1.86. The molecule has 0 saturated heterocycles. The van der Waals surface area contributed by atoms with Crippen molar-refractivity contribution in [2.24, 2.45) is 5.73 Å². The number of H-pyrrole nitrogens is 1. The van der Waals surface area contributed by atoms with Crippen LogP contribution in [0.15, 0.2) is 66.1 Å². The highest BCUT2D eigenvalue weighted by Gasteiger charge is 2.38. The van der Waals surface area contributed by atoms with Gasteiger partial charge in [0.2, 0.25) is 11.8 Å². The molecule has 1 aliphatic heterocycles. The zero-order valence-corrected chi connectivity index (χ0v) is 15.6. The predicted octanol–water partition coefficient (Wildman–Crippen LogP) is 4.06. The van der Waals surface area contributed by atoms with Crippen LogP contribution < -0.4 is 15.2 Å². The van der Waals surface area contributed by atoms with Crippen LogP contribution in [-0.4, -0.2) is 17.3 Å². The molecule has 2 heterocycles. The zero-order valence-electron chi connectivity index (χ0n) is 15.6. The molecule has 28 heavy (non-hydrogen) atoms. The summed E-state index contributed by atoms with van der Waals surface area (Å²) in [5, 5.41) is 17.2. The first kappa shape index (κ1) is 17.7. The molecule has 6 heteroatoms. The van der Waals surface area contributed by atoms with Gasteiger partial charge in [-0.2, -0.15) is 5.26 Å². The third-order valence-electron chi connectivity index (χ3n) is 5.19. The maximum absolute atomic E-state index is 9.81. The second kappa shape index (κ2) is 7.12. The fourth-order valence-electron chi connectivity index (χ4n) is 3.71. The van der Waals surface area contributed by atoms with Crippen molar-refractivity contribution in [1.82, 2.24) is 10.2 Å². The molecular formula is C22H20N4O2. The van der Waals surface area contributed by atoms with Gasteiger partial charge in [-0.3, -0.25) is 5.10 Å². The number of nitriles is 1. The minimum absolute atomic E-state index is 0.00616. The van der Waals surface area contributed by atoms with E-state index in [-0.39, 0.29) is 17.7 Å². The summed E-state index contributed by atoms with van der Waals surface area (Å²) in [4.78, 5) is 0. The Labute approximate surface area is 163 Å². The second-order valence-corrected chi connectivity index (χ2v) is 6.71. The fourth-order valence-corrected chi connectivity index (χ4v) is 3.71. The number of nitrogens with two attached hydrogens (primary N) is 1. The van der Waals surface area contributed by atoms with Crippen LogP contribution in [0.3, 0.4) is 0 Å². The first-order valence-corrected chi connectivity index (χ1v) is 8.99. The van der Waals surface area contributed by atoms with E-state index >= 15 is 0 Å². The Morgan fingerprint density at radius 2 is 1.89 bits per heavy atom. The van der Waals surface area contributed by atoms with Crippen LogP contribution >= 0.6 is 0 Å². The van der Waals surface area contributed by atoms with Gasteiger partial charge >= 0.3 is 0 Å². The smallest absolute Gasteiger partial charge is 0.244 e. The number of benzene rings is 2. The van der Waals surface area contributed by atoms with Crippen molar-refractivity contribution >= 4 is 0 Å². The highest BCUT2D eigenvalue weighted by Crippen LogP contribution is 2.48. The zero-order chi connectivity index (χ0) is 19.7. The SMILES string of the molecule is COc1ccc(-c2[nH]nc3c2[C@@H]([C@H](C)c2ccccc2)C(C#N)=C(N)O3)cc1. The largest absolute Gasteiger partial charge is 0.497 e. The topological polar surface area (TPSA) is 97.0 Å². The predicted molar refractivity (Wildman–Crippen MR) is 106 cm³/mol. The second-order valence-electron chi connectivity index (χ2n) is 6.71. The van der Waals surface area contributed by atoms with Gasteiger partial charge in [-0.25, -0.2) is 0 Å². The average molecular weight is 372 g/mol. The van der Waals surface area contributed by atoms with E-state index in [0.29, 0.717) is 11.5 Å². The lowest BCUT2D eigenvalue weighted by molar-refractivity contribution is 0.368. The summed E-state index contributed by atoms with van der Waals surface area (Å²) in [6.45, 7) is 2.09. The first-order valence-electron chi connectivity index (χ1n) is 8.99. The Bertz CT molecular complexity index is 1060. The van der Waals surface area contributed by atoms with Crippen LogP contribution in [-0.2, 0) is 0 Å². The number of rotatable bonds is 4. The normalized spacial score (nSPS) is 16.7. The third kappa shape index (κ3) is 2.87. The first-order chi connectivity index (χ1) is 13.6. The van der Waals surface area contributed by atoms with E-state index in [1.165, 1.54) is 0 Å². The Morgan fingerprint density at radius 3 is 2.54 bits per heavy atom. The molecule has 140 valence electrons. The summed E-state index contributed by atoms with van der Waals surface area (Å²) < 4.78 is 10.9. The molecule has 0 fully saturated rings. The van der Waals surface area contributed by atoms with Gasteiger partial charge < -0.3 is 15.2 Å². The number of methoxy groups -OCH3 is 1. The lowest BCUT2D eigenvalue weighted by Gasteiger charge is -2.28. The van der Waals surface area contributed by atoms with E-state index < -0.39 is 0 Å². The molecule has 3 N–H and O–H groups in total. The summed E-state index contributed by atoms with van der Waals surface area (Å²) in [6.07, 6.45) is 0. The van der Waals surface area contributed by atoms with Crippen LogP contribution in [0.5, 0.6) is 11.6 Å². The van der Waals surface area contributed by atoms with Gasteiger partial charge in [0.05, 0.1) is 23.9 Å². The number of hydrogen-bond acceptors (Lipinski definition) is 5. The third-order valence-corrected chi connectivity index (χ3v) is 5.19. The Kier molecular flexibility index (Phi) is 4.50. The molecule has 0 saturated carbocycles. The number of aromatic nitrogens is 2. The number of ether oxygens (including phenoxy) is 2. The molecule has 0 unspecified atom stereocenters. The number of allylic oxidation sites excluding steroid dienone is 1.